The molecule has 1 fully saturated rings. The molecule has 0 radical (unpaired) electrons. The molecule has 31 heavy (non-hydrogen) atoms. The minimum absolute atomic E-state index is 0. The van der Waals surface area contributed by atoms with Gasteiger partial charge in [-0.05, 0) is 37.3 Å². The van der Waals surface area contributed by atoms with Gasteiger partial charge in [0.05, 0.1) is 17.5 Å². The van der Waals surface area contributed by atoms with Crippen LogP contribution in [-0.4, -0.2) is 58.2 Å². The van der Waals surface area contributed by atoms with Crippen LogP contribution >= 0.6 is 35.6 Å². The Morgan fingerprint density at radius 1 is 1.06 bits per heavy atom. The third kappa shape index (κ3) is 5.57. The number of ketones is 1. The molecule has 0 atom stereocenters. The number of hydrogen-bond acceptors (Lipinski definition) is 5. The summed E-state index contributed by atoms with van der Waals surface area (Å²) in [6.07, 6.45) is 3.83. The van der Waals surface area contributed by atoms with Crippen molar-refractivity contribution in [1.82, 2.24) is 19.7 Å². The fraction of sp³-hybridized carbons (Fsp3) is 0.318. The van der Waals surface area contributed by atoms with Crippen molar-refractivity contribution in [3.05, 3.63) is 70.1 Å². The van der Waals surface area contributed by atoms with Gasteiger partial charge in [-0.3, -0.25) is 9.69 Å². The van der Waals surface area contributed by atoms with Crippen LogP contribution in [0.15, 0.2) is 48.8 Å². The standard InChI is InChI=1S/C22H23Cl2N5O.ClH/c1-16-20(15-26-29(16)22-4-2-3-6-25-22)21(30)5-7-27-8-10-28(11-9-27)19-13-17(23)12-18(24)14-19;/h2-4,6,12-15H,5,7-11H2,1H3;1H. The fourth-order valence-electron chi connectivity index (χ4n) is 3.74. The maximum atomic E-state index is 12.8. The van der Waals surface area contributed by atoms with Crippen LogP contribution in [0.2, 0.25) is 10.0 Å². The van der Waals surface area contributed by atoms with Gasteiger partial charge >= 0.3 is 0 Å². The molecule has 4 rings (SSSR count). The van der Waals surface area contributed by atoms with Crippen molar-refractivity contribution in [2.24, 2.45) is 0 Å². The van der Waals surface area contributed by atoms with Crippen LogP contribution < -0.4 is 4.90 Å². The minimum Gasteiger partial charge on any atom is -0.369 e. The number of Topliss-reactive ketones (excluding diaryl/α,β-unsaturated/α-hetero) is 1. The second-order valence-electron chi connectivity index (χ2n) is 7.37. The van der Waals surface area contributed by atoms with Crippen molar-refractivity contribution >= 4 is 47.1 Å². The van der Waals surface area contributed by atoms with Gasteiger partial charge in [0.15, 0.2) is 11.6 Å². The SMILES string of the molecule is Cc1c(C(=O)CCN2CCN(c3cc(Cl)cc(Cl)c3)CC2)cnn1-c1ccccn1.Cl. The number of aromatic nitrogens is 3. The highest BCUT2D eigenvalue weighted by atomic mass is 35.5. The highest BCUT2D eigenvalue weighted by molar-refractivity contribution is 6.35. The molecule has 0 amide bonds. The minimum atomic E-state index is 0. The Hall–Kier alpha value is -2.12. The smallest absolute Gasteiger partial charge is 0.167 e. The molecule has 3 aromatic rings. The lowest BCUT2D eigenvalue weighted by Crippen LogP contribution is -2.46. The van der Waals surface area contributed by atoms with Gasteiger partial charge in [-0.1, -0.05) is 29.3 Å². The zero-order chi connectivity index (χ0) is 21.1. The average Bonchev–Trinajstić information content (AvgIpc) is 3.14. The van der Waals surface area contributed by atoms with E-state index in [0.29, 0.717) is 27.8 Å². The maximum Gasteiger partial charge on any atom is 0.167 e. The van der Waals surface area contributed by atoms with Gasteiger partial charge in [0, 0.05) is 61.1 Å². The normalized spacial score (nSPS) is 14.4. The van der Waals surface area contributed by atoms with Crippen LogP contribution in [0, 0.1) is 6.92 Å². The van der Waals surface area contributed by atoms with Gasteiger partial charge in [0.2, 0.25) is 0 Å². The molecular formula is C22H24Cl3N5O. The molecule has 9 heteroatoms. The Bertz CT molecular complexity index is 1010. The van der Waals surface area contributed by atoms with Gasteiger partial charge in [0.1, 0.15) is 0 Å². The predicted octanol–water partition coefficient (Wildman–Crippen LogP) is 4.70. The van der Waals surface area contributed by atoms with Gasteiger partial charge < -0.3 is 4.90 Å². The zero-order valence-electron chi connectivity index (χ0n) is 17.2. The average molecular weight is 481 g/mol. The fourth-order valence-corrected chi connectivity index (χ4v) is 4.25. The van der Waals surface area contributed by atoms with Crippen LogP contribution in [0.5, 0.6) is 0 Å². The van der Waals surface area contributed by atoms with Crippen molar-refractivity contribution in [2.45, 2.75) is 13.3 Å². The Morgan fingerprint density at radius 3 is 2.42 bits per heavy atom. The van der Waals surface area contributed by atoms with Crippen LogP contribution in [0.25, 0.3) is 5.82 Å². The molecule has 2 aromatic heterocycles. The highest BCUT2D eigenvalue weighted by Crippen LogP contribution is 2.26. The molecule has 0 unspecified atom stereocenters. The van der Waals surface area contributed by atoms with Crippen LogP contribution in [0.1, 0.15) is 22.5 Å². The number of anilines is 1. The maximum absolute atomic E-state index is 12.8. The van der Waals surface area contributed by atoms with E-state index in [-0.39, 0.29) is 18.2 Å². The number of carbonyl (C=O) groups excluding carboxylic acids is 1. The monoisotopic (exact) mass is 479 g/mol. The van der Waals surface area contributed by atoms with E-state index in [1.54, 1.807) is 23.1 Å². The number of carbonyl (C=O) groups is 1. The first-order valence-electron chi connectivity index (χ1n) is 9.94. The lowest BCUT2D eigenvalue weighted by atomic mass is 10.1. The molecule has 3 heterocycles. The number of hydrogen-bond donors (Lipinski definition) is 0. The molecule has 0 spiro atoms. The molecule has 0 bridgehead atoms. The van der Waals surface area contributed by atoms with E-state index in [1.807, 2.05) is 37.3 Å². The molecule has 164 valence electrons. The summed E-state index contributed by atoms with van der Waals surface area (Å²) >= 11 is 12.2. The van der Waals surface area contributed by atoms with E-state index in [0.717, 1.165) is 44.1 Å². The Kier molecular flexibility index (Phi) is 7.94. The van der Waals surface area contributed by atoms with Gasteiger partial charge in [-0.2, -0.15) is 5.10 Å². The van der Waals surface area contributed by atoms with Crippen molar-refractivity contribution in [1.29, 1.82) is 0 Å². The molecule has 1 aromatic carbocycles. The Morgan fingerprint density at radius 2 is 1.77 bits per heavy atom. The summed E-state index contributed by atoms with van der Waals surface area (Å²) in [7, 11) is 0. The topological polar surface area (TPSA) is 54.3 Å². The van der Waals surface area contributed by atoms with E-state index in [9.17, 15) is 4.79 Å². The molecule has 1 aliphatic heterocycles. The molecule has 0 saturated carbocycles. The Labute approximate surface area is 198 Å². The molecule has 0 N–H and O–H groups in total. The quantitative estimate of drug-likeness (QED) is 0.479. The summed E-state index contributed by atoms with van der Waals surface area (Å²) in [5, 5.41) is 5.64. The first-order valence-corrected chi connectivity index (χ1v) is 10.7. The summed E-state index contributed by atoms with van der Waals surface area (Å²) in [5.74, 6) is 0.824. The number of nitrogens with zero attached hydrogens (tertiary/aromatic N) is 5. The molecule has 0 aliphatic carbocycles. The van der Waals surface area contributed by atoms with E-state index in [1.165, 1.54) is 0 Å². The van der Waals surface area contributed by atoms with Gasteiger partial charge in [-0.15, -0.1) is 12.4 Å². The third-order valence-corrected chi connectivity index (χ3v) is 5.85. The first kappa shape index (κ1) is 23.5. The predicted molar refractivity (Wildman–Crippen MR) is 127 cm³/mol. The summed E-state index contributed by atoms with van der Waals surface area (Å²) in [6, 6.07) is 11.3. The molecule has 1 saturated heterocycles. The van der Waals surface area contributed by atoms with Crippen LogP contribution in [-0.2, 0) is 0 Å². The first-order chi connectivity index (χ1) is 14.5. The molecular weight excluding hydrogens is 457 g/mol. The summed E-state index contributed by atoms with van der Waals surface area (Å²) in [5.41, 5.74) is 2.52. The second kappa shape index (κ2) is 10.5. The number of pyridine rings is 1. The summed E-state index contributed by atoms with van der Waals surface area (Å²) < 4.78 is 1.71. The third-order valence-electron chi connectivity index (χ3n) is 5.42. The van der Waals surface area contributed by atoms with E-state index < -0.39 is 0 Å². The highest BCUT2D eigenvalue weighted by Gasteiger charge is 2.20. The summed E-state index contributed by atoms with van der Waals surface area (Å²) in [6.45, 7) is 6.18. The number of benzene rings is 1. The molecule has 1 aliphatic rings. The van der Waals surface area contributed by atoms with Crippen molar-refractivity contribution in [2.75, 3.05) is 37.6 Å². The van der Waals surface area contributed by atoms with Crippen molar-refractivity contribution < 1.29 is 4.79 Å². The van der Waals surface area contributed by atoms with E-state index in [2.05, 4.69) is 19.9 Å². The number of rotatable bonds is 6. The number of halogens is 3. The van der Waals surface area contributed by atoms with E-state index in [4.69, 9.17) is 23.2 Å². The van der Waals surface area contributed by atoms with Crippen molar-refractivity contribution in [3.63, 3.8) is 0 Å². The van der Waals surface area contributed by atoms with Crippen molar-refractivity contribution in [3.8, 4) is 5.82 Å². The van der Waals surface area contributed by atoms with Crippen LogP contribution in [0.3, 0.4) is 0 Å². The zero-order valence-corrected chi connectivity index (χ0v) is 19.5. The Balaban J connectivity index is 0.00000272. The number of piperazine rings is 1. The van der Waals surface area contributed by atoms with Crippen LogP contribution in [0.4, 0.5) is 5.69 Å². The lowest BCUT2D eigenvalue weighted by molar-refractivity contribution is 0.0962. The van der Waals surface area contributed by atoms with E-state index >= 15 is 0 Å². The lowest BCUT2D eigenvalue weighted by Gasteiger charge is -2.36. The summed E-state index contributed by atoms with van der Waals surface area (Å²) in [4.78, 5) is 21.7. The molecule has 6 nitrogen and oxygen atoms in total. The van der Waals surface area contributed by atoms with Gasteiger partial charge in [-0.25, -0.2) is 9.67 Å². The van der Waals surface area contributed by atoms with Gasteiger partial charge in [0.25, 0.3) is 0 Å². The second-order valence-corrected chi connectivity index (χ2v) is 8.25. The largest absolute Gasteiger partial charge is 0.369 e.